The second-order valence-corrected chi connectivity index (χ2v) is 6.70. The third-order valence-corrected chi connectivity index (χ3v) is 5.09. The highest BCUT2D eigenvalue weighted by Crippen LogP contribution is 2.39. The molecule has 0 bridgehead atoms. The van der Waals surface area contributed by atoms with Gasteiger partial charge in [0, 0.05) is 13.2 Å². The van der Waals surface area contributed by atoms with Gasteiger partial charge in [0.25, 0.3) is 0 Å². The molecule has 2 atom stereocenters. The lowest BCUT2D eigenvalue weighted by Crippen LogP contribution is -2.36. The van der Waals surface area contributed by atoms with E-state index in [1.807, 2.05) is 0 Å². The van der Waals surface area contributed by atoms with Crippen molar-refractivity contribution in [2.24, 2.45) is 5.92 Å². The molecule has 0 amide bonds. The minimum Gasteiger partial charge on any atom is -0.367 e. The molecule has 20 heavy (non-hydrogen) atoms. The van der Waals surface area contributed by atoms with Crippen LogP contribution in [0.15, 0.2) is 4.52 Å². The lowest BCUT2D eigenvalue weighted by molar-refractivity contribution is -0.0770. The quantitative estimate of drug-likeness (QED) is 0.920. The van der Waals surface area contributed by atoms with E-state index in [0.29, 0.717) is 5.92 Å². The fourth-order valence-corrected chi connectivity index (χ4v) is 3.38. The van der Waals surface area contributed by atoms with Crippen LogP contribution in [-0.2, 0) is 15.8 Å². The number of hydrogen-bond acceptors (Lipinski definition) is 5. The standard InChI is InChI=1S/C15H25N3O2/c1-11(2)15(7-8-16-10-15)13-17-12(18-20-13)14(3)6-4-5-9-19-14/h11,16H,4-10H2,1-3H3. The van der Waals surface area contributed by atoms with Crippen molar-refractivity contribution in [2.45, 2.75) is 57.5 Å². The minimum absolute atomic E-state index is 0.0176. The van der Waals surface area contributed by atoms with Crippen LogP contribution in [0.3, 0.4) is 0 Å². The second kappa shape index (κ2) is 5.11. The Labute approximate surface area is 120 Å². The summed E-state index contributed by atoms with van der Waals surface area (Å²) in [6.07, 6.45) is 4.32. The zero-order valence-electron chi connectivity index (χ0n) is 12.7. The maximum Gasteiger partial charge on any atom is 0.234 e. The van der Waals surface area contributed by atoms with Crippen molar-refractivity contribution in [2.75, 3.05) is 19.7 Å². The van der Waals surface area contributed by atoms with Gasteiger partial charge in [-0.1, -0.05) is 19.0 Å². The molecule has 0 spiro atoms. The van der Waals surface area contributed by atoms with Crippen LogP contribution in [0.2, 0.25) is 0 Å². The predicted octanol–water partition coefficient (Wildman–Crippen LogP) is 2.37. The van der Waals surface area contributed by atoms with Gasteiger partial charge >= 0.3 is 0 Å². The zero-order valence-corrected chi connectivity index (χ0v) is 12.7. The molecule has 1 aromatic heterocycles. The van der Waals surface area contributed by atoms with E-state index in [9.17, 15) is 0 Å². The molecule has 3 heterocycles. The molecule has 0 aliphatic carbocycles. The summed E-state index contributed by atoms with van der Waals surface area (Å²) in [5.41, 5.74) is -0.388. The number of nitrogens with zero attached hydrogens (tertiary/aromatic N) is 2. The van der Waals surface area contributed by atoms with Gasteiger partial charge in [0.15, 0.2) is 0 Å². The van der Waals surface area contributed by atoms with E-state index >= 15 is 0 Å². The first kappa shape index (κ1) is 14.0. The lowest BCUT2D eigenvalue weighted by atomic mass is 9.76. The Hall–Kier alpha value is -0.940. The predicted molar refractivity (Wildman–Crippen MR) is 75.5 cm³/mol. The van der Waals surface area contributed by atoms with Crippen molar-refractivity contribution in [1.29, 1.82) is 0 Å². The van der Waals surface area contributed by atoms with E-state index in [1.54, 1.807) is 0 Å². The van der Waals surface area contributed by atoms with Crippen molar-refractivity contribution in [1.82, 2.24) is 15.5 Å². The average Bonchev–Trinajstić information content (AvgIpc) is 3.10. The van der Waals surface area contributed by atoms with Gasteiger partial charge in [0.05, 0.1) is 5.41 Å². The van der Waals surface area contributed by atoms with Crippen molar-refractivity contribution < 1.29 is 9.26 Å². The van der Waals surface area contributed by atoms with Gasteiger partial charge < -0.3 is 14.6 Å². The first-order valence-electron chi connectivity index (χ1n) is 7.76. The molecule has 0 radical (unpaired) electrons. The molecule has 3 rings (SSSR count). The second-order valence-electron chi connectivity index (χ2n) is 6.70. The Bertz CT molecular complexity index is 457. The summed E-state index contributed by atoms with van der Waals surface area (Å²) < 4.78 is 11.6. The van der Waals surface area contributed by atoms with Crippen molar-refractivity contribution in [3.05, 3.63) is 11.7 Å². The lowest BCUT2D eigenvalue weighted by Gasteiger charge is -2.31. The molecular formula is C15H25N3O2. The van der Waals surface area contributed by atoms with Gasteiger partial charge in [0.1, 0.15) is 5.60 Å². The van der Waals surface area contributed by atoms with Gasteiger partial charge in [-0.25, -0.2) is 0 Å². The summed E-state index contributed by atoms with van der Waals surface area (Å²) in [6.45, 7) is 9.27. The minimum atomic E-state index is -0.371. The molecule has 2 aliphatic rings. The summed E-state index contributed by atoms with van der Waals surface area (Å²) in [5, 5.41) is 7.68. The highest BCUT2D eigenvalue weighted by Gasteiger charge is 2.45. The van der Waals surface area contributed by atoms with Crippen LogP contribution in [-0.4, -0.2) is 29.8 Å². The molecular weight excluding hydrogens is 254 g/mol. The molecule has 2 unspecified atom stereocenters. The van der Waals surface area contributed by atoms with E-state index < -0.39 is 0 Å². The van der Waals surface area contributed by atoms with E-state index in [0.717, 1.165) is 57.1 Å². The molecule has 112 valence electrons. The average molecular weight is 279 g/mol. The van der Waals surface area contributed by atoms with Crippen LogP contribution >= 0.6 is 0 Å². The topological polar surface area (TPSA) is 60.2 Å². The highest BCUT2D eigenvalue weighted by atomic mass is 16.5. The fraction of sp³-hybridized carbons (Fsp3) is 0.867. The first-order valence-corrected chi connectivity index (χ1v) is 7.76. The Morgan fingerprint density at radius 2 is 2.10 bits per heavy atom. The number of nitrogens with one attached hydrogen (secondary N) is 1. The van der Waals surface area contributed by atoms with Crippen LogP contribution < -0.4 is 5.32 Å². The van der Waals surface area contributed by atoms with E-state index in [4.69, 9.17) is 14.2 Å². The first-order chi connectivity index (χ1) is 9.57. The van der Waals surface area contributed by atoms with E-state index in [-0.39, 0.29) is 11.0 Å². The molecule has 1 N–H and O–H groups in total. The van der Waals surface area contributed by atoms with Gasteiger partial charge in [-0.2, -0.15) is 4.98 Å². The Balaban J connectivity index is 1.89. The fourth-order valence-electron chi connectivity index (χ4n) is 3.38. The summed E-state index contributed by atoms with van der Waals surface area (Å²) in [4.78, 5) is 4.74. The van der Waals surface area contributed by atoms with E-state index in [2.05, 4.69) is 31.2 Å². The zero-order chi connectivity index (χ0) is 14.2. The molecule has 2 fully saturated rings. The number of hydrogen-bond donors (Lipinski definition) is 1. The Morgan fingerprint density at radius 1 is 1.25 bits per heavy atom. The highest BCUT2D eigenvalue weighted by molar-refractivity contribution is 5.13. The molecule has 5 heteroatoms. The third kappa shape index (κ3) is 2.17. The van der Waals surface area contributed by atoms with Crippen LogP contribution in [0, 0.1) is 5.92 Å². The summed E-state index contributed by atoms with van der Waals surface area (Å²) in [5.74, 6) is 1.98. The Kier molecular flexibility index (Phi) is 3.58. The van der Waals surface area contributed by atoms with Crippen LogP contribution in [0.1, 0.15) is 58.2 Å². The van der Waals surface area contributed by atoms with Gasteiger partial charge in [-0.05, 0) is 45.1 Å². The Morgan fingerprint density at radius 3 is 2.70 bits per heavy atom. The normalized spacial score (nSPS) is 34.8. The molecule has 2 saturated heterocycles. The summed E-state index contributed by atoms with van der Waals surface area (Å²) in [6, 6.07) is 0. The van der Waals surface area contributed by atoms with Crippen LogP contribution in [0.4, 0.5) is 0 Å². The maximum atomic E-state index is 5.92. The van der Waals surface area contributed by atoms with Gasteiger partial charge in [-0.3, -0.25) is 0 Å². The summed E-state index contributed by atoms with van der Waals surface area (Å²) in [7, 11) is 0. The molecule has 1 aromatic rings. The van der Waals surface area contributed by atoms with Crippen molar-refractivity contribution in [3.63, 3.8) is 0 Å². The van der Waals surface area contributed by atoms with E-state index in [1.165, 1.54) is 0 Å². The van der Waals surface area contributed by atoms with Crippen molar-refractivity contribution in [3.8, 4) is 0 Å². The van der Waals surface area contributed by atoms with Crippen LogP contribution in [0.25, 0.3) is 0 Å². The SMILES string of the molecule is CC(C)C1(c2nc(C3(C)CCCCO3)no2)CCNC1. The molecule has 0 aromatic carbocycles. The molecule has 2 aliphatic heterocycles. The molecule has 0 saturated carbocycles. The maximum absolute atomic E-state index is 5.92. The number of rotatable bonds is 3. The van der Waals surface area contributed by atoms with Gasteiger partial charge in [0.2, 0.25) is 11.7 Å². The third-order valence-electron chi connectivity index (χ3n) is 5.09. The largest absolute Gasteiger partial charge is 0.367 e. The molecule has 5 nitrogen and oxygen atoms in total. The van der Waals surface area contributed by atoms with Crippen molar-refractivity contribution >= 4 is 0 Å². The monoisotopic (exact) mass is 279 g/mol. The number of aromatic nitrogens is 2. The summed E-state index contributed by atoms with van der Waals surface area (Å²) >= 11 is 0. The number of ether oxygens (including phenoxy) is 1. The smallest absolute Gasteiger partial charge is 0.234 e. The van der Waals surface area contributed by atoms with Gasteiger partial charge in [-0.15, -0.1) is 0 Å². The van der Waals surface area contributed by atoms with Crippen LogP contribution in [0.5, 0.6) is 0 Å².